The van der Waals surface area contributed by atoms with Gasteiger partial charge in [0, 0.05) is 29.4 Å². The first-order chi connectivity index (χ1) is 13.9. The molecule has 6 nitrogen and oxygen atoms in total. The van der Waals surface area contributed by atoms with Crippen molar-refractivity contribution < 1.29 is 22.8 Å². The molecule has 0 radical (unpaired) electrons. The molecule has 2 amide bonds. The molecule has 0 bridgehead atoms. The van der Waals surface area contributed by atoms with Crippen LogP contribution < -0.4 is 10.1 Å². The second-order valence-corrected chi connectivity index (χ2v) is 6.70. The predicted molar refractivity (Wildman–Crippen MR) is 105 cm³/mol. The Bertz CT molecular complexity index is 1000. The van der Waals surface area contributed by atoms with Crippen molar-refractivity contribution in [2.75, 3.05) is 12.4 Å². The standard InChI is InChI=1S/C21H21F2N3O3/c1-13(2)26(21(27)24-15-7-8-18(22)19(23)10-15)12-16-11-20(29-25-16)14-5-4-6-17(9-14)28-3/h4-11,13H,12H2,1-3H3,(H,24,27). The Morgan fingerprint density at radius 3 is 2.66 bits per heavy atom. The van der Waals surface area contributed by atoms with E-state index in [1.54, 1.807) is 13.2 Å². The van der Waals surface area contributed by atoms with Gasteiger partial charge >= 0.3 is 6.03 Å². The number of ether oxygens (including phenoxy) is 1. The molecular weight excluding hydrogens is 380 g/mol. The van der Waals surface area contributed by atoms with Crippen molar-refractivity contribution in [1.29, 1.82) is 0 Å². The van der Waals surface area contributed by atoms with E-state index in [2.05, 4.69) is 10.5 Å². The fourth-order valence-electron chi connectivity index (χ4n) is 2.73. The molecule has 3 rings (SSSR count). The van der Waals surface area contributed by atoms with E-state index in [-0.39, 0.29) is 18.3 Å². The van der Waals surface area contributed by atoms with Gasteiger partial charge in [0.05, 0.1) is 13.7 Å². The number of carbonyl (C=O) groups excluding carboxylic acids is 1. The van der Waals surface area contributed by atoms with E-state index in [0.717, 1.165) is 17.7 Å². The van der Waals surface area contributed by atoms with E-state index < -0.39 is 17.7 Å². The predicted octanol–water partition coefficient (Wildman–Crippen LogP) is 5.07. The molecule has 0 aliphatic carbocycles. The average Bonchev–Trinajstić information content (AvgIpc) is 3.17. The SMILES string of the molecule is COc1cccc(-c2cc(CN(C(=O)Nc3ccc(F)c(F)c3)C(C)C)no2)c1. The van der Waals surface area contributed by atoms with E-state index in [1.807, 2.05) is 38.1 Å². The first kappa shape index (κ1) is 20.3. The number of urea groups is 1. The van der Waals surface area contributed by atoms with Crippen LogP contribution in [0.4, 0.5) is 19.3 Å². The van der Waals surface area contributed by atoms with E-state index >= 15 is 0 Å². The van der Waals surface area contributed by atoms with Gasteiger partial charge in [0.2, 0.25) is 0 Å². The van der Waals surface area contributed by atoms with Gasteiger partial charge in [0.1, 0.15) is 11.4 Å². The van der Waals surface area contributed by atoms with E-state index in [4.69, 9.17) is 9.26 Å². The van der Waals surface area contributed by atoms with Gasteiger partial charge in [-0.25, -0.2) is 13.6 Å². The van der Waals surface area contributed by atoms with Gasteiger partial charge < -0.3 is 19.5 Å². The minimum atomic E-state index is -1.03. The van der Waals surface area contributed by atoms with Crippen LogP contribution in [0.3, 0.4) is 0 Å². The van der Waals surface area contributed by atoms with Crippen LogP contribution >= 0.6 is 0 Å². The maximum absolute atomic E-state index is 13.4. The summed E-state index contributed by atoms with van der Waals surface area (Å²) in [6.07, 6.45) is 0. The van der Waals surface area contributed by atoms with Crippen LogP contribution in [0.5, 0.6) is 5.75 Å². The first-order valence-corrected chi connectivity index (χ1v) is 9.00. The van der Waals surface area contributed by atoms with Gasteiger partial charge in [0.25, 0.3) is 0 Å². The molecule has 29 heavy (non-hydrogen) atoms. The molecule has 0 saturated carbocycles. The Labute approximate surface area is 167 Å². The zero-order valence-corrected chi connectivity index (χ0v) is 16.3. The van der Waals surface area contributed by atoms with Crippen molar-refractivity contribution in [3.8, 4) is 17.1 Å². The van der Waals surface area contributed by atoms with Crippen molar-refractivity contribution >= 4 is 11.7 Å². The number of hydrogen-bond acceptors (Lipinski definition) is 4. The molecule has 0 aliphatic rings. The van der Waals surface area contributed by atoms with Crippen LogP contribution in [0, 0.1) is 11.6 Å². The van der Waals surface area contributed by atoms with Crippen LogP contribution in [-0.2, 0) is 6.54 Å². The number of methoxy groups -OCH3 is 1. The number of nitrogens with one attached hydrogen (secondary N) is 1. The van der Waals surface area contributed by atoms with Crippen molar-refractivity contribution in [3.05, 3.63) is 65.9 Å². The fraction of sp³-hybridized carbons (Fsp3) is 0.238. The molecule has 152 valence electrons. The molecule has 0 spiro atoms. The molecule has 1 N–H and O–H groups in total. The Morgan fingerprint density at radius 1 is 1.17 bits per heavy atom. The number of anilines is 1. The summed E-state index contributed by atoms with van der Waals surface area (Å²) in [5, 5.41) is 6.61. The summed E-state index contributed by atoms with van der Waals surface area (Å²) in [7, 11) is 1.58. The number of amides is 2. The summed E-state index contributed by atoms with van der Waals surface area (Å²) < 4.78 is 37.1. The van der Waals surface area contributed by atoms with Crippen LogP contribution in [-0.4, -0.2) is 29.2 Å². The largest absolute Gasteiger partial charge is 0.497 e. The third-order valence-electron chi connectivity index (χ3n) is 4.30. The molecule has 0 unspecified atom stereocenters. The number of hydrogen-bond donors (Lipinski definition) is 1. The van der Waals surface area contributed by atoms with Gasteiger partial charge in [-0.05, 0) is 38.1 Å². The van der Waals surface area contributed by atoms with Crippen LogP contribution in [0.15, 0.2) is 53.1 Å². The van der Waals surface area contributed by atoms with E-state index in [0.29, 0.717) is 17.2 Å². The Kier molecular flexibility index (Phi) is 6.11. The average molecular weight is 401 g/mol. The van der Waals surface area contributed by atoms with Crippen LogP contribution in [0.25, 0.3) is 11.3 Å². The molecule has 8 heteroatoms. The number of benzene rings is 2. The maximum Gasteiger partial charge on any atom is 0.322 e. The topological polar surface area (TPSA) is 67.6 Å². The van der Waals surface area contributed by atoms with E-state index in [9.17, 15) is 13.6 Å². The molecule has 0 saturated heterocycles. The molecule has 0 atom stereocenters. The fourth-order valence-corrected chi connectivity index (χ4v) is 2.73. The van der Waals surface area contributed by atoms with E-state index in [1.165, 1.54) is 11.0 Å². The lowest BCUT2D eigenvalue weighted by atomic mass is 10.1. The third kappa shape index (κ3) is 4.90. The molecule has 3 aromatic rings. The lowest BCUT2D eigenvalue weighted by Crippen LogP contribution is -2.39. The third-order valence-corrected chi connectivity index (χ3v) is 4.30. The summed E-state index contributed by atoms with van der Waals surface area (Å²) in [5.41, 5.74) is 1.51. The number of halogens is 2. The molecule has 0 aliphatic heterocycles. The zero-order chi connectivity index (χ0) is 21.0. The van der Waals surface area contributed by atoms with Crippen molar-refractivity contribution in [2.45, 2.75) is 26.4 Å². The quantitative estimate of drug-likeness (QED) is 0.626. The molecule has 1 heterocycles. The van der Waals surface area contributed by atoms with Crippen molar-refractivity contribution in [2.24, 2.45) is 0 Å². The number of rotatable bonds is 6. The van der Waals surface area contributed by atoms with Crippen LogP contribution in [0.2, 0.25) is 0 Å². The summed E-state index contributed by atoms with van der Waals surface area (Å²) >= 11 is 0. The molecular formula is C21H21F2N3O3. The minimum Gasteiger partial charge on any atom is -0.497 e. The van der Waals surface area contributed by atoms with Gasteiger partial charge in [-0.2, -0.15) is 0 Å². The second-order valence-electron chi connectivity index (χ2n) is 6.70. The molecule has 2 aromatic carbocycles. The minimum absolute atomic E-state index is 0.164. The smallest absolute Gasteiger partial charge is 0.322 e. The number of nitrogens with zero attached hydrogens (tertiary/aromatic N) is 2. The molecule has 1 aromatic heterocycles. The Morgan fingerprint density at radius 2 is 1.97 bits per heavy atom. The highest BCUT2D eigenvalue weighted by Crippen LogP contribution is 2.25. The maximum atomic E-state index is 13.4. The summed E-state index contributed by atoms with van der Waals surface area (Å²) in [5.74, 6) is -0.770. The van der Waals surface area contributed by atoms with Gasteiger partial charge in [-0.1, -0.05) is 17.3 Å². The lowest BCUT2D eigenvalue weighted by molar-refractivity contribution is 0.191. The second kappa shape index (κ2) is 8.72. The highest BCUT2D eigenvalue weighted by molar-refractivity contribution is 5.89. The lowest BCUT2D eigenvalue weighted by Gasteiger charge is -2.26. The van der Waals surface area contributed by atoms with Crippen LogP contribution in [0.1, 0.15) is 19.5 Å². The zero-order valence-electron chi connectivity index (χ0n) is 16.3. The summed E-state index contributed by atoms with van der Waals surface area (Å²) in [4.78, 5) is 14.1. The summed E-state index contributed by atoms with van der Waals surface area (Å²) in [6, 6.07) is 11.7. The monoisotopic (exact) mass is 401 g/mol. The number of carbonyl (C=O) groups is 1. The summed E-state index contributed by atoms with van der Waals surface area (Å²) in [6.45, 7) is 3.86. The normalized spacial score (nSPS) is 10.8. The van der Waals surface area contributed by atoms with Gasteiger partial charge in [-0.3, -0.25) is 0 Å². The number of aromatic nitrogens is 1. The highest BCUT2D eigenvalue weighted by atomic mass is 19.2. The Hall–Kier alpha value is -3.42. The van der Waals surface area contributed by atoms with Gasteiger partial charge in [0.15, 0.2) is 17.4 Å². The first-order valence-electron chi connectivity index (χ1n) is 9.00. The van der Waals surface area contributed by atoms with Crippen molar-refractivity contribution in [1.82, 2.24) is 10.1 Å². The Balaban J connectivity index is 1.74. The van der Waals surface area contributed by atoms with Crippen molar-refractivity contribution in [3.63, 3.8) is 0 Å². The van der Waals surface area contributed by atoms with Gasteiger partial charge in [-0.15, -0.1) is 0 Å². The highest BCUT2D eigenvalue weighted by Gasteiger charge is 2.20. The molecule has 0 fully saturated rings.